The minimum absolute atomic E-state index is 0.223. The molecule has 0 aromatic heterocycles. The molecule has 0 saturated heterocycles. The predicted molar refractivity (Wildman–Crippen MR) is 110 cm³/mol. The van der Waals surface area contributed by atoms with E-state index >= 15 is 0 Å². The van der Waals surface area contributed by atoms with Gasteiger partial charge in [-0.05, 0) is 37.1 Å². The van der Waals surface area contributed by atoms with Crippen LogP contribution in [0.15, 0.2) is 54.6 Å². The molecule has 7 heteroatoms. The van der Waals surface area contributed by atoms with Crippen molar-refractivity contribution in [2.75, 3.05) is 12.4 Å². The molecule has 154 valence electrons. The van der Waals surface area contributed by atoms with Crippen molar-refractivity contribution < 1.29 is 23.9 Å². The number of amides is 2. The third-order valence-corrected chi connectivity index (χ3v) is 4.27. The molecule has 2 aromatic rings. The number of methoxy groups -OCH3 is 1. The number of ether oxygens (including phenoxy) is 2. The van der Waals surface area contributed by atoms with Crippen molar-refractivity contribution in [3.63, 3.8) is 0 Å². The normalized spacial score (nSPS) is 12.6. The van der Waals surface area contributed by atoms with Crippen LogP contribution < -0.4 is 15.4 Å². The van der Waals surface area contributed by atoms with E-state index in [4.69, 9.17) is 9.47 Å². The highest BCUT2D eigenvalue weighted by Gasteiger charge is 2.29. The Balaban J connectivity index is 2.01. The topological polar surface area (TPSA) is 93.7 Å². The first kappa shape index (κ1) is 21.9. The Labute approximate surface area is 170 Å². The number of esters is 1. The monoisotopic (exact) mass is 398 g/mol. The molecular weight excluding hydrogens is 372 g/mol. The van der Waals surface area contributed by atoms with Crippen LogP contribution in [0.4, 0.5) is 5.69 Å². The van der Waals surface area contributed by atoms with E-state index in [9.17, 15) is 14.4 Å². The molecule has 0 fully saturated rings. The van der Waals surface area contributed by atoms with Crippen LogP contribution in [-0.2, 0) is 14.3 Å². The summed E-state index contributed by atoms with van der Waals surface area (Å²) in [4.78, 5) is 37.4. The first-order valence-corrected chi connectivity index (χ1v) is 9.33. The van der Waals surface area contributed by atoms with Crippen molar-refractivity contribution in [1.29, 1.82) is 0 Å². The Morgan fingerprint density at radius 2 is 1.52 bits per heavy atom. The molecule has 0 aliphatic rings. The number of carbonyl (C=O) groups is 3. The maximum Gasteiger partial charge on any atom is 0.329 e. The molecule has 2 amide bonds. The van der Waals surface area contributed by atoms with Crippen LogP contribution in [0, 0.1) is 5.92 Å². The van der Waals surface area contributed by atoms with Gasteiger partial charge in [0.2, 0.25) is 0 Å². The SMILES string of the molecule is COc1ccccc1NC(=O)C(C)OC(=O)[C@@H](NC(=O)c1ccccc1)C(C)C. The summed E-state index contributed by atoms with van der Waals surface area (Å²) >= 11 is 0. The zero-order valence-electron chi connectivity index (χ0n) is 17.0. The summed E-state index contributed by atoms with van der Waals surface area (Å²) in [6.07, 6.45) is -1.05. The molecule has 0 aliphatic heterocycles. The molecule has 0 heterocycles. The molecule has 29 heavy (non-hydrogen) atoms. The van der Waals surface area contributed by atoms with E-state index < -0.39 is 24.0 Å². The van der Waals surface area contributed by atoms with Gasteiger partial charge < -0.3 is 20.1 Å². The fourth-order valence-electron chi connectivity index (χ4n) is 2.60. The molecule has 0 saturated carbocycles. The van der Waals surface area contributed by atoms with Gasteiger partial charge in [-0.25, -0.2) is 4.79 Å². The van der Waals surface area contributed by atoms with Crippen molar-refractivity contribution in [3.8, 4) is 5.75 Å². The number of hydrogen-bond donors (Lipinski definition) is 2. The minimum Gasteiger partial charge on any atom is -0.495 e. The molecule has 2 N–H and O–H groups in total. The van der Waals surface area contributed by atoms with E-state index in [-0.39, 0.29) is 11.8 Å². The summed E-state index contributed by atoms with van der Waals surface area (Å²) in [7, 11) is 1.50. The van der Waals surface area contributed by atoms with E-state index in [1.54, 1.807) is 68.4 Å². The van der Waals surface area contributed by atoms with E-state index in [1.807, 2.05) is 0 Å². The van der Waals surface area contributed by atoms with Gasteiger partial charge >= 0.3 is 5.97 Å². The van der Waals surface area contributed by atoms with Gasteiger partial charge in [0.1, 0.15) is 11.8 Å². The van der Waals surface area contributed by atoms with E-state index in [2.05, 4.69) is 10.6 Å². The molecular formula is C22H26N2O5. The van der Waals surface area contributed by atoms with Crippen LogP contribution in [0.1, 0.15) is 31.1 Å². The smallest absolute Gasteiger partial charge is 0.329 e. The maximum atomic E-state index is 12.6. The molecule has 0 spiro atoms. The fraction of sp³-hybridized carbons (Fsp3) is 0.318. The lowest BCUT2D eigenvalue weighted by atomic mass is 10.0. The quantitative estimate of drug-likeness (QED) is 0.667. The lowest BCUT2D eigenvalue weighted by Crippen LogP contribution is -2.47. The molecule has 0 radical (unpaired) electrons. The van der Waals surface area contributed by atoms with Crippen LogP contribution in [0.5, 0.6) is 5.75 Å². The van der Waals surface area contributed by atoms with Gasteiger partial charge in [0.15, 0.2) is 6.10 Å². The number of rotatable bonds is 8. The average Bonchev–Trinajstić information content (AvgIpc) is 2.72. The first-order valence-electron chi connectivity index (χ1n) is 9.33. The van der Waals surface area contributed by atoms with Crippen molar-refractivity contribution in [2.45, 2.75) is 32.9 Å². The number of nitrogens with one attached hydrogen (secondary N) is 2. The summed E-state index contributed by atoms with van der Waals surface area (Å²) in [5, 5.41) is 5.35. The highest BCUT2D eigenvalue weighted by molar-refractivity contribution is 5.98. The summed E-state index contributed by atoms with van der Waals surface area (Å²) in [5.41, 5.74) is 0.911. The van der Waals surface area contributed by atoms with E-state index in [0.717, 1.165) is 0 Å². The lowest BCUT2D eigenvalue weighted by molar-refractivity contribution is -0.156. The zero-order valence-corrected chi connectivity index (χ0v) is 17.0. The number of benzene rings is 2. The Morgan fingerprint density at radius 1 is 0.897 bits per heavy atom. The van der Waals surface area contributed by atoms with Gasteiger partial charge in [-0.2, -0.15) is 0 Å². The maximum absolute atomic E-state index is 12.6. The highest BCUT2D eigenvalue weighted by atomic mass is 16.5. The molecule has 7 nitrogen and oxygen atoms in total. The first-order chi connectivity index (χ1) is 13.8. The van der Waals surface area contributed by atoms with Gasteiger partial charge in [0, 0.05) is 5.56 Å². The highest BCUT2D eigenvalue weighted by Crippen LogP contribution is 2.23. The minimum atomic E-state index is -1.05. The summed E-state index contributed by atoms with van der Waals surface area (Å²) in [6.45, 7) is 5.05. The Bertz CT molecular complexity index is 851. The van der Waals surface area contributed by atoms with Crippen molar-refractivity contribution >= 4 is 23.5 Å². The van der Waals surface area contributed by atoms with Gasteiger partial charge in [0.25, 0.3) is 11.8 Å². The van der Waals surface area contributed by atoms with Crippen LogP contribution in [0.2, 0.25) is 0 Å². The summed E-state index contributed by atoms with van der Waals surface area (Å²) < 4.78 is 10.5. The average molecular weight is 398 g/mol. The Kier molecular flexibility index (Phi) is 7.77. The van der Waals surface area contributed by atoms with Gasteiger partial charge in [0.05, 0.1) is 12.8 Å². The standard InChI is InChI=1S/C22H26N2O5/c1-14(2)19(24-21(26)16-10-6-5-7-11-16)22(27)29-15(3)20(25)23-17-12-8-9-13-18(17)28-4/h5-15,19H,1-4H3,(H,23,25)(H,24,26)/t15?,19-/m0/s1. The fourth-order valence-corrected chi connectivity index (χ4v) is 2.60. The lowest BCUT2D eigenvalue weighted by Gasteiger charge is -2.23. The van der Waals surface area contributed by atoms with Gasteiger partial charge in [-0.3, -0.25) is 9.59 Å². The molecule has 2 aromatic carbocycles. The van der Waals surface area contributed by atoms with Crippen molar-refractivity contribution in [2.24, 2.45) is 5.92 Å². The van der Waals surface area contributed by atoms with Crippen molar-refractivity contribution in [1.82, 2.24) is 5.32 Å². The van der Waals surface area contributed by atoms with Crippen molar-refractivity contribution in [3.05, 3.63) is 60.2 Å². The largest absolute Gasteiger partial charge is 0.495 e. The van der Waals surface area contributed by atoms with Gasteiger partial charge in [-0.1, -0.05) is 44.2 Å². The summed E-state index contributed by atoms with van der Waals surface area (Å²) in [5.74, 6) is -1.28. The predicted octanol–water partition coefficient (Wildman–Crippen LogP) is 3.02. The summed E-state index contributed by atoms with van der Waals surface area (Å²) in [6, 6.07) is 14.6. The molecule has 2 atom stereocenters. The zero-order chi connectivity index (χ0) is 21.4. The van der Waals surface area contributed by atoms with Crippen LogP contribution in [0.25, 0.3) is 0 Å². The molecule has 0 bridgehead atoms. The van der Waals surface area contributed by atoms with Crippen LogP contribution in [0.3, 0.4) is 0 Å². The Morgan fingerprint density at radius 3 is 2.14 bits per heavy atom. The number of anilines is 1. The second-order valence-corrected chi connectivity index (χ2v) is 6.83. The second-order valence-electron chi connectivity index (χ2n) is 6.83. The molecule has 0 aliphatic carbocycles. The molecule has 2 rings (SSSR count). The second kappa shape index (κ2) is 10.3. The van der Waals surface area contributed by atoms with Crippen LogP contribution >= 0.6 is 0 Å². The third-order valence-electron chi connectivity index (χ3n) is 4.27. The third kappa shape index (κ3) is 6.07. The van der Waals surface area contributed by atoms with E-state index in [1.165, 1.54) is 14.0 Å². The number of hydrogen-bond acceptors (Lipinski definition) is 5. The Hall–Kier alpha value is -3.35. The van der Waals surface area contributed by atoms with Crippen LogP contribution in [-0.4, -0.2) is 37.0 Å². The number of para-hydroxylation sites is 2. The van der Waals surface area contributed by atoms with Gasteiger partial charge in [-0.15, -0.1) is 0 Å². The number of carbonyl (C=O) groups excluding carboxylic acids is 3. The van der Waals surface area contributed by atoms with E-state index in [0.29, 0.717) is 17.0 Å². The molecule has 1 unspecified atom stereocenters.